The minimum absolute atomic E-state index is 0.0873. The van der Waals surface area contributed by atoms with Gasteiger partial charge < -0.3 is 14.8 Å². The highest BCUT2D eigenvalue weighted by Gasteiger charge is 2.37. The van der Waals surface area contributed by atoms with E-state index in [0.717, 1.165) is 0 Å². The number of carbonyl (C=O) groups excluding carboxylic acids is 1. The Morgan fingerprint density at radius 3 is 2.78 bits per heavy atom. The first-order valence-electron chi connectivity index (χ1n) is 7.64. The molecule has 1 aromatic heterocycles. The van der Waals surface area contributed by atoms with Crippen molar-refractivity contribution in [2.75, 3.05) is 5.32 Å². The number of furan rings is 1. The molecule has 1 aliphatic carbocycles. The Bertz CT molecular complexity index is 764. The fraction of sp³-hybridized carbons (Fsp3) is 0.389. The lowest BCUT2D eigenvalue weighted by molar-refractivity contribution is 0.0910. The molecule has 4 nitrogen and oxygen atoms in total. The van der Waals surface area contributed by atoms with E-state index in [1.54, 1.807) is 19.1 Å². The predicted molar refractivity (Wildman–Crippen MR) is 84.9 cm³/mol. The molecule has 2 N–H and O–H groups in total. The van der Waals surface area contributed by atoms with Crippen molar-refractivity contribution >= 4 is 11.6 Å². The van der Waals surface area contributed by atoms with Crippen molar-refractivity contribution in [1.29, 1.82) is 0 Å². The Kier molecular flexibility index (Phi) is 3.76. The molecule has 0 spiro atoms. The second-order valence-electron chi connectivity index (χ2n) is 6.89. The van der Waals surface area contributed by atoms with Gasteiger partial charge in [0.25, 0.3) is 5.91 Å². The molecule has 0 saturated carbocycles. The van der Waals surface area contributed by atoms with Gasteiger partial charge in [0.1, 0.15) is 11.6 Å². The number of benzene rings is 1. The van der Waals surface area contributed by atoms with Crippen LogP contribution < -0.4 is 5.32 Å². The first kappa shape index (κ1) is 15.7. The summed E-state index contributed by atoms with van der Waals surface area (Å²) >= 11 is 0. The van der Waals surface area contributed by atoms with Gasteiger partial charge in [0.2, 0.25) is 0 Å². The molecule has 1 aromatic carbocycles. The number of rotatable bonds is 2. The lowest BCUT2D eigenvalue weighted by Crippen LogP contribution is -2.24. The minimum atomic E-state index is -0.646. The molecule has 122 valence electrons. The molecular formula is C18H20FNO3. The van der Waals surface area contributed by atoms with Crippen LogP contribution in [-0.4, -0.2) is 11.0 Å². The summed E-state index contributed by atoms with van der Waals surface area (Å²) in [6.45, 7) is 5.85. The number of fused-ring (bicyclic) bond motifs is 1. The number of amides is 1. The monoisotopic (exact) mass is 317 g/mol. The van der Waals surface area contributed by atoms with Gasteiger partial charge in [-0.25, -0.2) is 4.39 Å². The number of aliphatic hydroxyl groups is 1. The van der Waals surface area contributed by atoms with Crippen LogP contribution >= 0.6 is 0 Å². The SMILES string of the molecule is Cc1c(C(=O)Nc2ccccc2F)oc2c1C(O)CC(C)(C)C2. The number of hydrogen-bond acceptors (Lipinski definition) is 3. The Hall–Kier alpha value is -2.14. The molecular weight excluding hydrogens is 297 g/mol. The molecule has 0 radical (unpaired) electrons. The van der Waals surface area contributed by atoms with Crippen molar-refractivity contribution in [3.8, 4) is 0 Å². The van der Waals surface area contributed by atoms with Crippen molar-refractivity contribution in [3.05, 3.63) is 52.7 Å². The number of carbonyl (C=O) groups is 1. The smallest absolute Gasteiger partial charge is 0.291 e. The van der Waals surface area contributed by atoms with E-state index < -0.39 is 17.8 Å². The summed E-state index contributed by atoms with van der Waals surface area (Å²) in [5, 5.41) is 12.9. The number of nitrogens with one attached hydrogen (secondary N) is 1. The highest BCUT2D eigenvalue weighted by atomic mass is 19.1. The number of halogens is 1. The fourth-order valence-electron chi connectivity index (χ4n) is 3.24. The maximum atomic E-state index is 13.7. The van der Waals surface area contributed by atoms with Gasteiger partial charge in [0.15, 0.2) is 5.76 Å². The van der Waals surface area contributed by atoms with Crippen LogP contribution in [0.2, 0.25) is 0 Å². The Labute approximate surface area is 134 Å². The van der Waals surface area contributed by atoms with E-state index >= 15 is 0 Å². The predicted octanol–water partition coefficient (Wildman–Crippen LogP) is 3.99. The summed E-state index contributed by atoms with van der Waals surface area (Å²) in [6, 6.07) is 5.97. The lowest BCUT2D eigenvalue weighted by Gasteiger charge is -2.31. The molecule has 1 unspecified atom stereocenters. The normalized spacial score (nSPS) is 19.3. The standard InChI is InChI=1S/C18H20FNO3/c1-10-15-13(21)8-18(2,3)9-14(15)23-16(10)17(22)20-12-7-5-4-6-11(12)19/h4-7,13,21H,8-9H2,1-3H3,(H,20,22). The third-order valence-corrected chi connectivity index (χ3v) is 4.32. The summed E-state index contributed by atoms with van der Waals surface area (Å²) in [7, 11) is 0. The molecule has 1 amide bonds. The van der Waals surface area contributed by atoms with E-state index in [2.05, 4.69) is 19.2 Å². The number of aliphatic hydroxyl groups excluding tert-OH is 1. The molecule has 5 heteroatoms. The van der Waals surface area contributed by atoms with Gasteiger partial charge >= 0.3 is 0 Å². The van der Waals surface area contributed by atoms with Crippen LogP contribution in [0.1, 0.15) is 53.8 Å². The first-order chi connectivity index (χ1) is 10.8. The van der Waals surface area contributed by atoms with Gasteiger partial charge in [0, 0.05) is 17.5 Å². The molecule has 0 aliphatic heterocycles. The first-order valence-corrected chi connectivity index (χ1v) is 7.64. The largest absolute Gasteiger partial charge is 0.455 e. The van der Waals surface area contributed by atoms with Gasteiger partial charge in [-0.2, -0.15) is 0 Å². The summed E-state index contributed by atoms with van der Waals surface area (Å²) < 4.78 is 19.4. The Morgan fingerprint density at radius 2 is 2.09 bits per heavy atom. The van der Waals surface area contributed by atoms with Crippen molar-refractivity contribution in [2.24, 2.45) is 5.41 Å². The highest BCUT2D eigenvalue weighted by Crippen LogP contribution is 2.44. The van der Waals surface area contributed by atoms with Gasteiger partial charge in [-0.1, -0.05) is 26.0 Å². The van der Waals surface area contributed by atoms with Crippen molar-refractivity contribution in [1.82, 2.24) is 0 Å². The van der Waals surface area contributed by atoms with E-state index in [1.165, 1.54) is 12.1 Å². The van der Waals surface area contributed by atoms with E-state index in [9.17, 15) is 14.3 Å². The van der Waals surface area contributed by atoms with Gasteiger partial charge in [-0.15, -0.1) is 0 Å². The lowest BCUT2D eigenvalue weighted by atomic mass is 9.75. The number of anilines is 1. The molecule has 0 fully saturated rings. The van der Waals surface area contributed by atoms with Crippen LogP contribution in [-0.2, 0) is 6.42 Å². The zero-order chi connectivity index (χ0) is 16.8. The maximum Gasteiger partial charge on any atom is 0.291 e. The van der Waals surface area contributed by atoms with Crippen LogP contribution in [0.5, 0.6) is 0 Å². The molecule has 1 atom stereocenters. The molecule has 1 heterocycles. The summed E-state index contributed by atoms with van der Waals surface area (Å²) in [4.78, 5) is 12.4. The van der Waals surface area contributed by atoms with Crippen LogP contribution in [0.4, 0.5) is 10.1 Å². The molecule has 23 heavy (non-hydrogen) atoms. The number of hydrogen-bond donors (Lipinski definition) is 2. The summed E-state index contributed by atoms with van der Waals surface area (Å²) in [5.74, 6) is -0.233. The molecule has 0 bridgehead atoms. The van der Waals surface area contributed by atoms with E-state index in [0.29, 0.717) is 29.7 Å². The van der Waals surface area contributed by atoms with E-state index in [4.69, 9.17) is 4.42 Å². The second-order valence-corrected chi connectivity index (χ2v) is 6.89. The maximum absolute atomic E-state index is 13.7. The van der Waals surface area contributed by atoms with E-state index in [1.807, 2.05) is 0 Å². The van der Waals surface area contributed by atoms with Crippen LogP contribution in [0.3, 0.4) is 0 Å². The third kappa shape index (κ3) is 2.88. The topological polar surface area (TPSA) is 62.5 Å². The second kappa shape index (κ2) is 5.49. The zero-order valence-corrected chi connectivity index (χ0v) is 13.4. The van der Waals surface area contributed by atoms with Crippen molar-refractivity contribution < 1.29 is 18.7 Å². The average molecular weight is 317 g/mol. The van der Waals surface area contributed by atoms with Crippen LogP contribution in [0.25, 0.3) is 0 Å². The Balaban J connectivity index is 1.93. The fourth-order valence-corrected chi connectivity index (χ4v) is 3.24. The molecule has 1 aliphatic rings. The van der Waals surface area contributed by atoms with Gasteiger partial charge in [0.05, 0.1) is 11.8 Å². The number of para-hydroxylation sites is 1. The van der Waals surface area contributed by atoms with Crippen LogP contribution in [0.15, 0.2) is 28.7 Å². The highest BCUT2D eigenvalue weighted by molar-refractivity contribution is 6.03. The Morgan fingerprint density at radius 1 is 1.39 bits per heavy atom. The van der Waals surface area contributed by atoms with Crippen molar-refractivity contribution in [3.63, 3.8) is 0 Å². The molecule has 2 aromatic rings. The van der Waals surface area contributed by atoms with Crippen LogP contribution in [0, 0.1) is 18.2 Å². The van der Waals surface area contributed by atoms with Gasteiger partial charge in [-0.3, -0.25) is 4.79 Å². The average Bonchev–Trinajstić information content (AvgIpc) is 2.77. The van der Waals surface area contributed by atoms with Crippen molar-refractivity contribution in [2.45, 2.75) is 39.7 Å². The summed E-state index contributed by atoms with van der Waals surface area (Å²) in [6.07, 6.45) is 0.634. The summed E-state index contributed by atoms with van der Waals surface area (Å²) in [5.41, 5.74) is 1.34. The zero-order valence-electron chi connectivity index (χ0n) is 13.4. The molecule has 0 saturated heterocycles. The quantitative estimate of drug-likeness (QED) is 0.880. The third-order valence-electron chi connectivity index (χ3n) is 4.32. The molecule has 3 rings (SSSR count). The minimum Gasteiger partial charge on any atom is -0.455 e. The van der Waals surface area contributed by atoms with E-state index in [-0.39, 0.29) is 16.9 Å². The van der Waals surface area contributed by atoms with Gasteiger partial charge in [-0.05, 0) is 30.9 Å².